The van der Waals surface area contributed by atoms with Crippen molar-refractivity contribution in [2.75, 3.05) is 32.8 Å². The van der Waals surface area contributed by atoms with Crippen LogP contribution in [0.15, 0.2) is 0 Å². The summed E-state index contributed by atoms with van der Waals surface area (Å²) in [6.45, 7) is 7.14. The van der Waals surface area contributed by atoms with Gasteiger partial charge in [0.15, 0.2) is 0 Å². The molecule has 0 saturated carbocycles. The van der Waals surface area contributed by atoms with E-state index in [1.54, 1.807) is 0 Å². The second-order valence-electron chi connectivity index (χ2n) is 3.06. The van der Waals surface area contributed by atoms with E-state index in [9.17, 15) is 4.79 Å². The summed E-state index contributed by atoms with van der Waals surface area (Å²) < 4.78 is 4.64. The van der Waals surface area contributed by atoms with Gasteiger partial charge in [-0.2, -0.15) is 0 Å². The lowest BCUT2D eigenvalue weighted by atomic mass is 10.2. The Labute approximate surface area is 72.9 Å². The molecule has 0 bridgehead atoms. The van der Waals surface area contributed by atoms with Gasteiger partial charge < -0.3 is 10.1 Å². The number of carbonyl (C=O) groups is 1. The van der Waals surface area contributed by atoms with Crippen LogP contribution in [0.25, 0.3) is 0 Å². The second kappa shape index (κ2) is 5.11. The fraction of sp³-hybridized carbons (Fsp3) is 0.875. The third kappa shape index (κ3) is 2.79. The maximum Gasteiger partial charge on any atom is 0.293 e. The van der Waals surface area contributed by atoms with Crippen LogP contribution in [0.4, 0.5) is 0 Å². The maximum atomic E-state index is 9.87. The molecule has 1 saturated heterocycles. The number of nitrogens with one attached hydrogen (secondary N) is 1. The van der Waals surface area contributed by atoms with Gasteiger partial charge in [0.05, 0.1) is 0 Å². The molecule has 1 atom stereocenters. The van der Waals surface area contributed by atoms with Crippen molar-refractivity contribution >= 4 is 6.47 Å². The van der Waals surface area contributed by atoms with Crippen molar-refractivity contribution < 1.29 is 9.53 Å². The van der Waals surface area contributed by atoms with Crippen LogP contribution in [0.5, 0.6) is 0 Å². The van der Waals surface area contributed by atoms with E-state index in [1.807, 2.05) is 0 Å². The lowest BCUT2D eigenvalue weighted by Crippen LogP contribution is -2.50. The highest BCUT2D eigenvalue weighted by Gasteiger charge is 2.16. The molecule has 70 valence electrons. The highest BCUT2D eigenvalue weighted by Crippen LogP contribution is 2.00. The Morgan fingerprint density at radius 3 is 3.25 bits per heavy atom. The number of ether oxygens (including phenoxy) is 1. The number of hydrogen-bond donors (Lipinski definition) is 1. The molecule has 4 heteroatoms. The van der Waals surface area contributed by atoms with Gasteiger partial charge in [0.1, 0.15) is 6.61 Å². The molecule has 0 unspecified atom stereocenters. The molecule has 1 fully saturated rings. The smallest absolute Gasteiger partial charge is 0.293 e. The molecule has 0 radical (unpaired) electrons. The minimum absolute atomic E-state index is 0.507. The molecule has 1 heterocycles. The molecule has 4 nitrogen and oxygen atoms in total. The average molecular weight is 172 g/mol. The van der Waals surface area contributed by atoms with Gasteiger partial charge in [-0.1, -0.05) is 0 Å². The molecule has 1 N–H and O–H groups in total. The van der Waals surface area contributed by atoms with Gasteiger partial charge in [0, 0.05) is 32.2 Å². The fourth-order valence-corrected chi connectivity index (χ4v) is 1.43. The summed E-state index contributed by atoms with van der Waals surface area (Å²) in [5.41, 5.74) is 0. The van der Waals surface area contributed by atoms with Gasteiger partial charge in [-0.25, -0.2) is 0 Å². The van der Waals surface area contributed by atoms with Crippen molar-refractivity contribution in [2.45, 2.75) is 13.0 Å². The van der Waals surface area contributed by atoms with E-state index in [-0.39, 0.29) is 0 Å². The summed E-state index contributed by atoms with van der Waals surface area (Å²) in [7, 11) is 0. The van der Waals surface area contributed by atoms with Crippen molar-refractivity contribution in [1.29, 1.82) is 0 Å². The SMILES string of the molecule is C[C@@H]1CNCCN1CCOC=O. The number of piperazine rings is 1. The van der Waals surface area contributed by atoms with Crippen molar-refractivity contribution in [1.82, 2.24) is 10.2 Å². The molecule has 1 aliphatic heterocycles. The van der Waals surface area contributed by atoms with Gasteiger partial charge in [-0.05, 0) is 6.92 Å². The zero-order valence-electron chi connectivity index (χ0n) is 7.45. The molecule has 0 aromatic carbocycles. The minimum atomic E-state index is 0.507. The normalized spacial score (nSPS) is 25.2. The monoisotopic (exact) mass is 172 g/mol. The Morgan fingerprint density at radius 1 is 1.75 bits per heavy atom. The fourth-order valence-electron chi connectivity index (χ4n) is 1.43. The second-order valence-corrected chi connectivity index (χ2v) is 3.06. The van der Waals surface area contributed by atoms with Crippen LogP contribution in [-0.4, -0.2) is 50.2 Å². The third-order valence-electron chi connectivity index (χ3n) is 2.20. The quantitative estimate of drug-likeness (QED) is 0.456. The van der Waals surface area contributed by atoms with Gasteiger partial charge in [0.25, 0.3) is 6.47 Å². The Hall–Kier alpha value is -0.610. The zero-order chi connectivity index (χ0) is 8.81. The van der Waals surface area contributed by atoms with Crippen molar-refractivity contribution in [3.05, 3.63) is 0 Å². The summed E-state index contributed by atoms with van der Waals surface area (Å²) in [5.74, 6) is 0. The molecular weight excluding hydrogens is 156 g/mol. The van der Waals surface area contributed by atoms with E-state index in [0.717, 1.165) is 26.2 Å². The maximum absolute atomic E-state index is 9.87. The first-order valence-electron chi connectivity index (χ1n) is 4.34. The molecule has 1 aliphatic rings. The van der Waals surface area contributed by atoms with E-state index >= 15 is 0 Å². The van der Waals surface area contributed by atoms with E-state index in [2.05, 4.69) is 21.9 Å². The van der Waals surface area contributed by atoms with E-state index < -0.39 is 0 Å². The molecule has 12 heavy (non-hydrogen) atoms. The van der Waals surface area contributed by atoms with Crippen LogP contribution in [0.3, 0.4) is 0 Å². The van der Waals surface area contributed by atoms with Crippen LogP contribution in [0, 0.1) is 0 Å². The summed E-state index contributed by atoms with van der Waals surface area (Å²) in [4.78, 5) is 12.2. The predicted octanol–water partition coefficient (Wildman–Crippen LogP) is -0.547. The Bertz CT molecular complexity index is 141. The molecule has 0 spiro atoms. The van der Waals surface area contributed by atoms with E-state index in [4.69, 9.17) is 0 Å². The molecule has 0 amide bonds. The third-order valence-corrected chi connectivity index (χ3v) is 2.20. The Morgan fingerprint density at radius 2 is 2.58 bits per heavy atom. The Balaban J connectivity index is 2.15. The number of carbonyl (C=O) groups excluding carboxylic acids is 1. The molecule has 1 rings (SSSR count). The summed E-state index contributed by atoms with van der Waals surface area (Å²) in [6, 6.07) is 0.550. The van der Waals surface area contributed by atoms with E-state index in [0.29, 0.717) is 19.1 Å². The standard InChI is InChI=1S/C8H16N2O2/c1-8-6-9-2-3-10(8)4-5-12-7-11/h7-9H,2-6H2,1H3/t8-/m1/s1. The molecule has 0 aromatic heterocycles. The molecular formula is C8H16N2O2. The van der Waals surface area contributed by atoms with Crippen LogP contribution in [0.2, 0.25) is 0 Å². The van der Waals surface area contributed by atoms with Crippen LogP contribution >= 0.6 is 0 Å². The first kappa shape index (κ1) is 9.48. The van der Waals surface area contributed by atoms with Crippen LogP contribution in [-0.2, 0) is 9.53 Å². The van der Waals surface area contributed by atoms with Crippen LogP contribution in [0.1, 0.15) is 6.92 Å². The van der Waals surface area contributed by atoms with Crippen molar-refractivity contribution in [3.63, 3.8) is 0 Å². The summed E-state index contributed by atoms with van der Waals surface area (Å²) in [5, 5.41) is 3.30. The van der Waals surface area contributed by atoms with Crippen LogP contribution < -0.4 is 5.32 Å². The number of nitrogens with zero attached hydrogens (tertiary/aromatic N) is 1. The van der Waals surface area contributed by atoms with Gasteiger partial charge in [0.2, 0.25) is 0 Å². The Kier molecular flexibility index (Phi) is 4.04. The molecule has 0 aromatic rings. The first-order valence-corrected chi connectivity index (χ1v) is 4.34. The first-order chi connectivity index (χ1) is 5.84. The topological polar surface area (TPSA) is 41.6 Å². The van der Waals surface area contributed by atoms with E-state index in [1.165, 1.54) is 0 Å². The predicted molar refractivity (Wildman–Crippen MR) is 45.9 cm³/mol. The molecule has 0 aliphatic carbocycles. The number of rotatable bonds is 4. The van der Waals surface area contributed by atoms with Gasteiger partial charge >= 0.3 is 0 Å². The van der Waals surface area contributed by atoms with Crippen molar-refractivity contribution in [2.24, 2.45) is 0 Å². The largest absolute Gasteiger partial charge is 0.467 e. The minimum Gasteiger partial charge on any atom is -0.467 e. The lowest BCUT2D eigenvalue weighted by molar-refractivity contribution is -0.129. The van der Waals surface area contributed by atoms with Crippen molar-refractivity contribution in [3.8, 4) is 0 Å². The summed E-state index contributed by atoms with van der Waals surface area (Å²) in [6.07, 6.45) is 0. The van der Waals surface area contributed by atoms with Gasteiger partial charge in [-0.15, -0.1) is 0 Å². The number of hydrogen-bond acceptors (Lipinski definition) is 4. The van der Waals surface area contributed by atoms with Gasteiger partial charge in [-0.3, -0.25) is 9.69 Å². The summed E-state index contributed by atoms with van der Waals surface area (Å²) >= 11 is 0. The zero-order valence-corrected chi connectivity index (χ0v) is 7.45. The highest BCUT2D eigenvalue weighted by atomic mass is 16.5. The average Bonchev–Trinajstić information content (AvgIpc) is 2.09. The highest BCUT2D eigenvalue weighted by molar-refractivity contribution is 5.36. The lowest BCUT2D eigenvalue weighted by Gasteiger charge is -2.33.